The van der Waals surface area contributed by atoms with Crippen molar-refractivity contribution in [3.05, 3.63) is 29.8 Å². The lowest BCUT2D eigenvalue weighted by atomic mass is 9.93. The van der Waals surface area contributed by atoms with Crippen molar-refractivity contribution in [2.24, 2.45) is 5.73 Å². The molecule has 1 aromatic carbocycles. The predicted octanol–water partition coefficient (Wildman–Crippen LogP) is 1.95. The molecule has 1 fully saturated rings. The summed E-state index contributed by atoms with van der Waals surface area (Å²) in [5, 5.41) is 2.33. The molecule has 0 bridgehead atoms. The minimum atomic E-state index is -0.133. The summed E-state index contributed by atoms with van der Waals surface area (Å²) in [6.07, 6.45) is 4.73. The van der Waals surface area contributed by atoms with Gasteiger partial charge in [0.1, 0.15) is 5.75 Å². The molecule has 1 aliphatic heterocycles. The molecule has 1 saturated heterocycles. The molecule has 0 aromatic heterocycles. The van der Waals surface area contributed by atoms with Crippen LogP contribution in [0.1, 0.15) is 31.7 Å². The third kappa shape index (κ3) is 3.95. The second-order valence-corrected chi connectivity index (χ2v) is 5.91. The summed E-state index contributed by atoms with van der Waals surface area (Å²) in [5.74, 6) is 0.938. The monoisotopic (exact) mass is 277 g/mol. The van der Waals surface area contributed by atoms with E-state index in [-0.39, 0.29) is 5.54 Å². The number of rotatable bonds is 6. The molecule has 1 unspecified atom stereocenters. The number of nitrogens with two attached hydrogens (primary N) is 1. The van der Waals surface area contributed by atoms with E-state index in [0.717, 1.165) is 25.3 Å². The fraction of sp³-hybridized carbons (Fsp3) is 0.625. The zero-order chi connectivity index (χ0) is 14.4. The minimum absolute atomic E-state index is 0.133. The van der Waals surface area contributed by atoms with Crippen LogP contribution in [0.25, 0.3) is 0 Å². The minimum Gasteiger partial charge on any atom is -0.496 e. The summed E-state index contributed by atoms with van der Waals surface area (Å²) < 4.78 is 5.44. The van der Waals surface area contributed by atoms with Crippen molar-refractivity contribution in [3.63, 3.8) is 0 Å². The Balaban J connectivity index is 2.05. The molecule has 4 heteroatoms. The number of ether oxygens (including phenoxy) is 1. The van der Waals surface area contributed by atoms with Crippen molar-refractivity contribution in [3.8, 4) is 5.75 Å². The highest BCUT2D eigenvalue weighted by Gasteiger charge is 2.27. The number of nitrogens with one attached hydrogen (secondary N) is 1. The summed E-state index contributed by atoms with van der Waals surface area (Å²) in [7, 11) is 1.72. The second-order valence-electron chi connectivity index (χ2n) is 5.91. The molecule has 112 valence electrons. The number of hydrazine groups is 1. The smallest absolute Gasteiger partial charge is 0.122 e. The Labute approximate surface area is 122 Å². The molecule has 20 heavy (non-hydrogen) atoms. The van der Waals surface area contributed by atoms with Crippen molar-refractivity contribution in [1.29, 1.82) is 0 Å². The molecule has 1 heterocycles. The van der Waals surface area contributed by atoms with Gasteiger partial charge >= 0.3 is 0 Å². The van der Waals surface area contributed by atoms with Gasteiger partial charge in [-0.1, -0.05) is 24.6 Å². The first kappa shape index (κ1) is 15.3. The van der Waals surface area contributed by atoms with Gasteiger partial charge in [-0.05, 0) is 37.8 Å². The van der Waals surface area contributed by atoms with Crippen LogP contribution in [-0.4, -0.2) is 37.3 Å². The standard InChI is InChI=1S/C16H27N3O/c1-16(13-17,18-19-10-6-3-7-11-19)12-14-8-4-5-9-15(14)20-2/h4-5,8-9,18H,3,6-7,10-13,17H2,1-2H3. The molecule has 1 aliphatic rings. The largest absolute Gasteiger partial charge is 0.496 e. The summed E-state index contributed by atoms with van der Waals surface area (Å²) in [4.78, 5) is 0. The zero-order valence-electron chi connectivity index (χ0n) is 12.7. The molecule has 0 spiro atoms. The lowest BCUT2D eigenvalue weighted by Crippen LogP contribution is -2.58. The average molecular weight is 277 g/mol. The molecular formula is C16H27N3O. The Bertz CT molecular complexity index is 418. The van der Waals surface area contributed by atoms with Gasteiger partial charge in [-0.15, -0.1) is 0 Å². The third-order valence-corrected chi connectivity index (χ3v) is 4.01. The summed E-state index contributed by atoms with van der Waals surface area (Å²) in [6, 6.07) is 8.17. The number of hydrogen-bond donors (Lipinski definition) is 2. The van der Waals surface area contributed by atoms with E-state index >= 15 is 0 Å². The van der Waals surface area contributed by atoms with E-state index in [4.69, 9.17) is 10.5 Å². The molecule has 0 radical (unpaired) electrons. The fourth-order valence-corrected chi connectivity index (χ4v) is 2.81. The summed E-state index contributed by atoms with van der Waals surface area (Å²) in [6.45, 7) is 5.01. The lowest BCUT2D eigenvalue weighted by molar-refractivity contribution is 0.0907. The van der Waals surface area contributed by atoms with E-state index in [1.165, 1.54) is 24.8 Å². The van der Waals surface area contributed by atoms with Crippen LogP contribution in [0.4, 0.5) is 0 Å². The molecule has 4 nitrogen and oxygen atoms in total. The van der Waals surface area contributed by atoms with E-state index in [2.05, 4.69) is 29.5 Å². The second kappa shape index (κ2) is 7.07. The maximum atomic E-state index is 6.03. The molecule has 0 aliphatic carbocycles. The Morgan fingerprint density at radius 1 is 1.25 bits per heavy atom. The highest BCUT2D eigenvalue weighted by Crippen LogP contribution is 2.23. The van der Waals surface area contributed by atoms with Gasteiger partial charge in [0.05, 0.1) is 7.11 Å². The Morgan fingerprint density at radius 2 is 1.95 bits per heavy atom. The van der Waals surface area contributed by atoms with Crippen LogP contribution in [0.2, 0.25) is 0 Å². The number of hydrogen-bond acceptors (Lipinski definition) is 4. The topological polar surface area (TPSA) is 50.5 Å². The highest BCUT2D eigenvalue weighted by atomic mass is 16.5. The van der Waals surface area contributed by atoms with Crippen LogP contribution >= 0.6 is 0 Å². The van der Waals surface area contributed by atoms with Crippen molar-refractivity contribution in [2.45, 2.75) is 38.1 Å². The van der Waals surface area contributed by atoms with Crippen LogP contribution in [0.5, 0.6) is 5.75 Å². The van der Waals surface area contributed by atoms with Crippen LogP contribution in [-0.2, 0) is 6.42 Å². The Kier molecular flexibility index (Phi) is 5.40. The maximum absolute atomic E-state index is 6.03. The molecule has 2 rings (SSSR count). The van der Waals surface area contributed by atoms with Crippen molar-refractivity contribution in [1.82, 2.24) is 10.4 Å². The summed E-state index contributed by atoms with van der Waals surface area (Å²) in [5.41, 5.74) is 10.7. The van der Waals surface area contributed by atoms with E-state index < -0.39 is 0 Å². The number of methoxy groups -OCH3 is 1. The number of piperidine rings is 1. The number of para-hydroxylation sites is 1. The van der Waals surface area contributed by atoms with Crippen LogP contribution < -0.4 is 15.9 Å². The van der Waals surface area contributed by atoms with Gasteiger partial charge in [0, 0.05) is 25.2 Å². The highest BCUT2D eigenvalue weighted by molar-refractivity contribution is 5.34. The van der Waals surface area contributed by atoms with Gasteiger partial charge in [-0.3, -0.25) is 0 Å². The first-order valence-electron chi connectivity index (χ1n) is 7.51. The molecule has 3 N–H and O–H groups in total. The van der Waals surface area contributed by atoms with E-state index in [9.17, 15) is 0 Å². The first-order chi connectivity index (χ1) is 9.67. The predicted molar refractivity (Wildman–Crippen MR) is 82.7 cm³/mol. The van der Waals surface area contributed by atoms with Crippen LogP contribution in [0.15, 0.2) is 24.3 Å². The van der Waals surface area contributed by atoms with Crippen molar-refractivity contribution < 1.29 is 4.74 Å². The quantitative estimate of drug-likeness (QED) is 0.834. The molecule has 0 amide bonds. The molecule has 0 saturated carbocycles. The van der Waals surface area contributed by atoms with Gasteiger partial charge in [-0.25, -0.2) is 10.4 Å². The van der Waals surface area contributed by atoms with Crippen LogP contribution in [0, 0.1) is 0 Å². The zero-order valence-corrected chi connectivity index (χ0v) is 12.7. The first-order valence-corrected chi connectivity index (χ1v) is 7.51. The Hall–Kier alpha value is -1.10. The van der Waals surface area contributed by atoms with Gasteiger partial charge in [0.2, 0.25) is 0 Å². The van der Waals surface area contributed by atoms with Crippen LogP contribution in [0.3, 0.4) is 0 Å². The maximum Gasteiger partial charge on any atom is 0.122 e. The summed E-state index contributed by atoms with van der Waals surface area (Å²) >= 11 is 0. The molecular weight excluding hydrogens is 250 g/mol. The molecule has 1 aromatic rings. The van der Waals surface area contributed by atoms with Gasteiger partial charge < -0.3 is 10.5 Å². The van der Waals surface area contributed by atoms with Crippen molar-refractivity contribution in [2.75, 3.05) is 26.7 Å². The number of nitrogens with zero attached hydrogens (tertiary/aromatic N) is 1. The van der Waals surface area contributed by atoms with E-state index in [1.807, 2.05) is 12.1 Å². The fourth-order valence-electron chi connectivity index (χ4n) is 2.81. The lowest BCUT2D eigenvalue weighted by Gasteiger charge is -2.38. The number of benzene rings is 1. The van der Waals surface area contributed by atoms with Gasteiger partial charge in [0.25, 0.3) is 0 Å². The van der Waals surface area contributed by atoms with Gasteiger partial charge in [-0.2, -0.15) is 0 Å². The molecule has 1 atom stereocenters. The van der Waals surface area contributed by atoms with Gasteiger partial charge in [0.15, 0.2) is 0 Å². The SMILES string of the molecule is COc1ccccc1CC(C)(CN)NN1CCCCC1. The normalized spacial score (nSPS) is 19.6. The van der Waals surface area contributed by atoms with E-state index in [1.54, 1.807) is 7.11 Å². The van der Waals surface area contributed by atoms with Crippen molar-refractivity contribution >= 4 is 0 Å². The third-order valence-electron chi connectivity index (χ3n) is 4.01. The average Bonchev–Trinajstić information content (AvgIpc) is 2.49. The Morgan fingerprint density at radius 3 is 2.60 bits per heavy atom. The van der Waals surface area contributed by atoms with E-state index in [0.29, 0.717) is 6.54 Å².